The van der Waals surface area contributed by atoms with E-state index < -0.39 is 26.5 Å². The van der Waals surface area contributed by atoms with Crippen LogP contribution in [0, 0.1) is 0 Å². The third kappa shape index (κ3) is 73.1. The molecular weight excluding hydrogens is 1120 g/mol. The summed E-state index contributed by atoms with van der Waals surface area (Å²) >= 11 is 0. The molecule has 0 heterocycles. The molecule has 0 aromatic heterocycles. The van der Waals surface area contributed by atoms with E-state index in [2.05, 4.69) is 148 Å². The molecule has 2 atom stereocenters. The Morgan fingerprint density at radius 2 is 0.618 bits per heavy atom. The Bertz CT molecular complexity index is 1920. The Morgan fingerprint density at radius 1 is 0.348 bits per heavy atom. The molecular formula is C79H136NO8P. The van der Waals surface area contributed by atoms with E-state index in [1.165, 1.54) is 180 Å². The molecule has 0 aliphatic carbocycles. The van der Waals surface area contributed by atoms with Gasteiger partial charge in [0.2, 0.25) is 0 Å². The van der Waals surface area contributed by atoms with Crippen LogP contribution in [0.3, 0.4) is 0 Å². The second-order valence-electron chi connectivity index (χ2n) is 24.1. The molecule has 0 spiro atoms. The molecule has 510 valence electrons. The number of phosphoric ester groups is 1. The molecule has 0 saturated carbocycles. The molecule has 2 unspecified atom stereocenters. The third-order valence-electron chi connectivity index (χ3n) is 15.5. The summed E-state index contributed by atoms with van der Waals surface area (Å²) in [6.45, 7) is 3.62. The van der Waals surface area contributed by atoms with Crippen molar-refractivity contribution in [2.24, 2.45) is 5.73 Å². The van der Waals surface area contributed by atoms with E-state index in [4.69, 9.17) is 24.3 Å². The van der Waals surface area contributed by atoms with Crippen molar-refractivity contribution >= 4 is 19.8 Å². The summed E-state index contributed by atoms with van der Waals surface area (Å²) in [5.41, 5.74) is 5.40. The van der Waals surface area contributed by atoms with Gasteiger partial charge in [-0.2, -0.15) is 0 Å². The number of nitrogens with two attached hydrogens (primary N) is 1. The van der Waals surface area contributed by atoms with Crippen LogP contribution < -0.4 is 5.73 Å². The van der Waals surface area contributed by atoms with Crippen molar-refractivity contribution in [3.8, 4) is 0 Å². The van der Waals surface area contributed by atoms with Crippen molar-refractivity contribution in [2.75, 3.05) is 26.4 Å². The van der Waals surface area contributed by atoms with Gasteiger partial charge in [-0.3, -0.25) is 18.6 Å². The fourth-order valence-corrected chi connectivity index (χ4v) is 10.9. The number of allylic oxidation sites excluding steroid dienone is 22. The molecule has 0 saturated heterocycles. The van der Waals surface area contributed by atoms with Gasteiger partial charge in [-0.15, -0.1) is 0 Å². The van der Waals surface area contributed by atoms with Gasteiger partial charge in [0.25, 0.3) is 0 Å². The number of ether oxygens (including phenoxy) is 2. The molecule has 0 aromatic rings. The molecule has 0 radical (unpaired) electrons. The monoisotopic (exact) mass is 1260 g/mol. The molecule has 0 bridgehead atoms. The van der Waals surface area contributed by atoms with Crippen molar-refractivity contribution < 1.29 is 37.6 Å². The first kappa shape index (κ1) is 85.2. The first-order valence-corrected chi connectivity index (χ1v) is 38.2. The summed E-state index contributed by atoms with van der Waals surface area (Å²) in [6, 6.07) is 0. The van der Waals surface area contributed by atoms with E-state index in [1.807, 2.05) is 0 Å². The highest BCUT2D eigenvalue weighted by Crippen LogP contribution is 2.43. The zero-order valence-electron chi connectivity index (χ0n) is 57.4. The van der Waals surface area contributed by atoms with Crippen LogP contribution >= 0.6 is 7.82 Å². The molecule has 3 N–H and O–H groups in total. The van der Waals surface area contributed by atoms with E-state index in [-0.39, 0.29) is 38.6 Å². The van der Waals surface area contributed by atoms with Crippen LogP contribution in [0.4, 0.5) is 0 Å². The lowest BCUT2D eigenvalue weighted by molar-refractivity contribution is -0.161. The highest BCUT2D eigenvalue weighted by molar-refractivity contribution is 7.47. The standard InChI is InChI=1S/C79H136NO8P/c1-3-5-7-9-11-13-15-17-19-21-23-25-27-29-31-33-35-37-38-40-42-44-46-48-50-52-54-56-58-60-62-64-66-68-70-72-79(82)88-77(76-87-89(83,84)86-74-73-80)75-85-78(81)71-69-67-65-63-61-59-57-55-53-51-49-47-45-43-41-39-36-34-32-30-28-26-24-22-20-18-16-14-12-10-8-6-4-2/h5,7,11,13,17,19,22-25,29,31,35,37,40,42,46,48,52,54,58,60,77H,3-4,6,8-10,12,14-16,18,20-21,26-28,30,32-34,36,38-39,41,43-45,47,49-51,53,55-57,59,61-76,80H2,1-2H3,(H,83,84)/b7-5-,13-11-,19-17-,24-22-,25-23-,31-29-,37-35-,42-40-,48-46-,54-52-,60-58-. The minimum absolute atomic E-state index is 0.0434. The zero-order chi connectivity index (χ0) is 64.4. The van der Waals surface area contributed by atoms with E-state index in [0.717, 1.165) is 109 Å². The number of rotatable bonds is 68. The highest BCUT2D eigenvalue weighted by Gasteiger charge is 2.26. The summed E-state index contributed by atoms with van der Waals surface area (Å²) < 4.78 is 33.2. The van der Waals surface area contributed by atoms with Gasteiger partial charge in [0.15, 0.2) is 6.10 Å². The zero-order valence-corrected chi connectivity index (χ0v) is 58.3. The lowest BCUT2D eigenvalue weighted by Crippen LogP contribution is -2.29. The lowest BCUT2D eigenvalue weighted by atomic mass is 10.0. The SMILES string of the molecule is CC/C=C\C/C=C\C/C=C\C/C=C\C/C=C\C/C=C\C/C=C\C/C=C\C/C=C\C/C=C\CCCCCCC(=O)OC(COC(=O)CCCCCCCCCCCCCCCCCCCCCCC/C=C\CCCCCCCCCC)COP(=O)(O)OCCN. The third-order valence-corrected chi connectivity index (χ3v) is 16.5. The molecule has 0 fully saturated rings. The average Bonchev–Trinajstić information content (AvgIpc) is 3.66. The number of hydrogen-bond donors (Lipinski definition) is 2. The van der Waals surface area contributed by atoms with Crippen molar-refractivity contribution in [3.05, 3.63) is 134 Å². The van der Waals surface area contributed by atoms with Gasteiger partial charge < -0.3 is 20.1 Å². The van der Waals surface area contributed by atoms with Gasteiger partial charge in [0.1, 0.15) is 6.61 Å². The van der Waals surface area contributed by atoms with E-state index >= 15 is 0 Å². The van der Waals surface area contributed by atoms with Gasteiger partial charge in [0.05, 0.1) is 13.2 Å². The molecule has 0 rings (SSSR count). The minimum Gasteiger partial charge on any atom is -0.462 e. The fraction of sp³-hybridized carbons (Fsp3) is 0.696. The number of phosphoric acid groups is 1. The van der Waals surface area contributed by atoms with Crippen molar-refractivity contribution in [3.63, 3.8) is 0 Å². The van der Waals surface area contributed by atoms with Crippen LogP contribution in [0.5, 0.6) is 0 Å². The maximum atomic E-state index is 12.8. The average molecular weight is 1260 g/mol. The minimum atomic E-state index is -4.41. The Balaban J connectivity index is 3.95. The number of carbonyl (C=O) groups is 2. The Hall–Kier alpha value is -3.85. The van der Waals surface area contributed by atoms with Crippen molar-refractivity contribution in [2.45, 2.75) is 328 Å². The van der Waals surface area contributed by atoms with Crippen LogP contribution in [0.2, 0.25) is 0 Å². The van der Waals surface area contributed by atoms with Crippen molar-refractivity contribution in [1.29, 1.82) is 0 Å². The van der Waals surface area contributed by atoms with E-state index in [9.17, 15) is 19.0 Å². The van der Waals surface area contributed by atoms with Crippen molar-refractivity contribution in [1.82, 2.24) is 0 Å². The van der Waals surface area contributed by atoms with Crippen LogP contribution in [0.25, 0.3) is 0 Å². The maximum Gasteiger partial charge on any atom is 0.472 e. The predicted octanol–water partition coefficient (Wildman–Crippen LogP) is 24.4. The summed E-state index contributed by atoms with van der Waals surface area (Å²) in [5.74, 6) is -0.854. The summed E-state index contributed by atoms with van der Waals surface area (Å²) in [7, 11) is -4.41. The molecule has 0 aliphatic heterocycles. The topological polar surface area (TPSA) is 134 Å². The van der Waals surface area contributed by atoms with Gasteiger partial charge in [0, 0.05) is 19.4 Å². The number of hydrogen-bond acceptors (Lipinski definition) is 8. The molecule has 0 aliphatic rings. The lowest BCUT2D eigenvalue weighted by Gasteiger charge is -2.19. The summed E-state index contributed by atoms with van der Waals surface area (Å²) in [4.78, 5) is 35.4. The quantitative estimate of drug-likeness (QED) is 0.0264. The van der Waals surface area contributed by atoms with E-state index in [0.29, 0.717) is 6.42 Å². The van der Waals surface area contributed by atoms with Crippen LogP contribution in [-0.4, -0.2) is 49.3 Å². The Labute approximate surface area is 548 Å². The molecule has 0 amide bonds. The molecule has 89 heavy (non-hydrogen) atoms. The first-order chi connectivity index (χ1) is 43.8. The maximum absolute atomic E-state index is 12.8. The second kappa shape index (κ2) is 73.2. The number of esters is 2. The number of carbonyl (C=O) groups excluding carboxylic acids is 2. The Kier molecular flexibility index (Phi) is 70.0. The normalized spacial score (nSPS) is 13.7. The summed E-state index contributed by atoms with van der Waals surface area (Å²) in [6.07, 6.45) is 104. The highest BCUT2D eigenvalue weighted by atomic mass is 31.2. The number of unbranched alkanes of at least 4 members (excludes halogenated alkanes) is 33. The predicted molar refractivity (Wildman–Crippen MR) is 385 cm³/mol. The molecule has 0 aromatic carbocycles. The molecule has 9 nitrogen and oxygen atoms in total. The smallest absolute Gasteiger partial charge is 0.462 e. The van der Waals surface area contributed by atoms with Gasteiger partial charge >= 0.3 is 19.8 Å². The Morgan fingerprint density at radius 3 is 0.933 bits per heavy atom. The van der Waals surface area contributed by atoms with Gasteiger partial charge in [-0.05, 0) is 116 Å². The largest absolute Gasteiger partial charge is 0.472 e. The first-order valence-electron chi connectivity index (χ1n) is 36.7. The second-order valence-corrected chi connectivity index (χ2v) is 25.5. The molecule has 10 heteroatoms. The van der Waals surface area contributed by atoms with Crippen LogP contribution in [-0.2, 0) is 32.7 Å². The van der Waals surface area contributed by atoms with E-state index in [1.54, 1.807) is 0 Å². The van der Waals surface area contributed by atoms with Gasteiger partial charge in [-0.25, -0.2) is 4.57 Å². The fourth-order valence-electron chi connectivity index (χ4n) is 10.1. The van der Waals surface area contributed by atoms with Crippen LogP contribution in [0.1, 0.15) is 322 Å². The van der Waals surface area contributed by atoms with Crippen LogP contribution in [0.15, 0.2) is 134 Å². The summed E-state index contributed by atoms with van der Waals surface area (Å²) in [5, 5.41) is 0. The van der Waals surface area contributed by atoms with Gasteiger partial charge in [-0.1, -0.05) is 327 Å².